The number of halogens is 1. The van der Waals surface area contributed by atoms with Crippen LogP contribution >= 0.6 is 0 Å². The first-order valence-electron chi connectivity index (χ1n) is 5.59. The van der Waals surface area contributed by atoms with Crippen LogP contribution in [0.25, 0.3) is 0 Å². The van der Waals surface area contributed by atoms with Gasteiger partial charge in [0.25, 0.3) is 0 Å². The Hall–Kier alpha value is -1.09. The first kappa shape index (κ1) is 11.4. The SMILES string of the molecule is CC1(C)CCC(Oc2cccc(F)c2)C1O. The lowest BCUT2D eigenvalue weighted by atomic mass is 9.89. The highest BCUT2D eigenvalue weighted by Crippen LogP contribution is 2.39. The Labute approximate surface area is 95.1 Å². The molecule has 0 heterocycles. The average molecular weight is 224 g/mol. The van der Waals surface area contributed by atoms with Crippen LogP contribution in [0.3, 0.4) is 0 Å². The van der Waals surface area contributed by atoms with Gasteiger partial charge < -0.3 is 9.84 Å². The van der Waals surface area contributed by atoms with Crippen LogP contribution in [0, 0.1) is 11.2 Å². The minimum atomic E-state index is -0.490. The maximum Gasteiger partial charge on any atom is 0.126 e. The molecule has 2 unspecified atom stereocenters. The Bertz CT molecular complexity index is 376. The van der Waals surface area contributed by atoms with E-state index in [0.717, 1.165) is 12.8 Å². The molecule has 1 saturated carbocycles. The van der Waals surface area contributed by atoms with E-state index in [1.165, 1.54) is 12.1 Å². The molecule has 1 N–H and O–H groups in total. The lowest BCUT2D eigenvalue weighted by Gasteiger charge is -2.25. The molecule has 88 valence electrons. The molecule has 0 aliphatic heterocycles. The number of ether oxygens (including phenoxy) is 1. The van der Waals surface area contributed by atoms with E-state index < -0.39 is 6.10 Å². The second-order valence-electron chi connectivity index (χ2n) is 5.09. The first-order valence-corrected chi connectivity index (χ1v) is 5.59. The topological polar surface area (TPSA) is 29.5 Å². The molecule has 1 aromatic carbocycles. The molecule has 0 bridgehead atoms. The average Bonchev–Trinajstić information content (AvgIpc) is 2.45. The van der Waals surface area contributed by atoms with Crippen molar-refractivity contribution in [1.29, 1.82) is 0 Å². The smallest absolute Gasteiger partial charge is 0.126 e. The van der Waals surface area contributed by atoms with E-state index >= 15 is 0 Å². The van der Waals surface area contributed by atoms with E-state index in [0.29, 0.717) is 5.75 Å². The number of hydrogen-bond donors (Lipinski definition) is 1. The predicted octanol–water partition coefficient (Wildman–Crippen LogP) is 2.75. The molecular formula is C13H17FO2. The van der Waals surface area contributed by atoms with E-state index in [1.807, 2.05) is 13.8 Å². The summed E-state index contributed by atoms with van der Waals surface area (Å²) < 4.78 is 18.6. The lowest BCUT2D eigenvalue weighted by molar-refractivity contribution is 0.00482. The maximum absolute atomic E-state index is 12.9. The van der Waals surface area contributed by atoms with Crippen molar-refractivity contribution in [1.82, 2.24) is 0 Å². The van der Waals surface area contributed by atoms with E-state index in [4.69, 9.17) is 4.74 Å². The van der Waals surface area contributed by atoms with Crippen molar-refractivity contribution in [2.75, 3.05) is 0 Å². The highest BCUT2D eigenvalue weighted by molar-refractivity contribution is 5.23. The van der Waals surface area contributed by atoms with Gasteiger partial charge in [-0.05, 0) is 30.4 Å². The summed E-state index contributed by atoms with van der Waals surface area (Å²) in [4.78, 5) is 0. The molecule has 16 heavy (non-hydrogen) atoms. The van der Waals surface area contributed by atoms with Crippen molar-refractivity contribution in [2.45, 2.75) is 38.9 Å². The lowest BCUT2D eigenvalue weighted by Crippen LogP contribution is -2.34. The molecule has 1 aliphatic rings. The zero-order chi connectivity index (χ0) is 11.8. The Balaban J connectivity index is 2.06. The molecule has 2 rings (SSSR count). The van der Waals surface area contributed by atoms with Crippen LogP contribution in [0.2, 0.25) is 0 Å². The molecule has 1 fully saturated rings. The molecule has 0 aromatic heterocycles. The van der Waals surface area contributed by atoms with E-state index in [2.05, 4.69) is 0 Å². The van der Waals surface area contributed by atoms with Crippen LogP contribution in [0.15, 0.2) is 24.3 Å². The summed E-state index contributed by atoms with van der Waals surface area (Å²) in [5.74, 6) is 0.172. The number of hydrogen-bond acceptors (Lipinski definition) is 2. The summed E-state index contributed by atoms with van der Waals surface area (Å²) in [6.45, 7) is 4.04. The Morgan fingerprint density at radius 2 is 2.19 bits per heavy atom. The van der Waals surface area contributed by atoms with Gasteiger partial charge in [-0.15, -0.1) is 0 Å². The maximum atomic E-state index is 12.9. The van der Waals surface area contributed by atoms with Gasteiger partial charge in [0, 0.05) is 6.07 Å². The zero-order valence-corrected chi connectivity index (χ0v) is 9.61. The fourth-order valence-corrected chi connectivity index (χ4v) is 2.16. The van der Waals surface area contributed by atoms with Crippen molar-refractivity contribution in [2.24, 2.45) is 5.41 Å². The van der Waals surface area contributed by atoms with Crippen molar-refractivity contribution < 1.29 is 14.2 Å². The largest absolute Gasteiger partial charge is 0.488 e. The molecule has 2 atom stereocenters. The molecule has 0 saturated heterocycles. The van der Waals surface area contributed by atoms with Crippen molar-refractivity contribution in [3.05, 3.63) is 30.1 Å². The van der Waals surface area contributed by atoms with Crippen molar-refractivity contribution in [3.63, 3.8) is 0 Å². The highest BCUT2D eigenvalue weighted by atomic mass is 19.1. The monoisotopic (exact) mass is 224 g/mol. The summed E-state index contributed by atoms with van der Waals surface area (Å²) in [5, 5.41) is 10.0. The van der Waals surface area contributed by atoms with Gasteiger partial charge in [0.15, 0.2) is 0 Å². The summed E-state index contributed by atoms with van der Waals surface area (Å²) in [5.41, 5.74) is -0.113. The van der Waals surface area contributed by atoms with Crippen LogP contribution in [0.1, 0.15) is 26.7 Å². The van der Waals surface area contributed by atoms with E-state index in [9.17, 15) is 9.50 Å². The summed E-state index contributed by atoms with van der Waals surface area (Å²) in [6.07, 6.45) is 1.02. The third-order valence-electron chi connectivity index (χ3n) is 3.31. The molecule has 1 aliphatic carbocycles. The molecule has 1 aromatic rings. The standard InChI is InChI=1S/C13H17FO2/c1-13(2)7-6-11(12(13)15)16-10-5-3-4-9(14)8-10/h3-5,8,11-12,15H,6-7H2,1-2H3. The van der Waals surface area contributed by atoms with Gasteiger partial charge in [-0.25, -0.2) is 4.39 Å². The van der Waals surface area contributed by atoms with Gasteiger partial charge in [0.05, 0.1) is 6.10 Å². The normalized spacial score (nSPS) is 28.0. The summed E-state index contributed by atoms with van der Waals surface area (Å²) >= 11 is 0. The first-order chi connectivity index (χ1) is 7.49. The Kier molecular flexibility index (Phi) is 2.89. The van der Waals surface area contributed by atoms with Gasteiger partial charge in [-0.3, -0.25) is 0 Å². The van der Waals surface area contributed by atoms with Gasteiger partial charge in [0.1, 0.15) is 17.7 Å². The fourth-order valence-electron chi connectivity index (χ4n) is 2.16. The van der Waals surface area contributed by atoms with Crippen LogP contribution in [0.5, 0.6) is 5.75 Å². The second-order valence-corrected chi connectivity index (χ2v) is 5.09. The summed E-state index contributed by atoms with van der Waals surface area (Å²) in [6, 6.07) is 6.04. The quantitative estimate of drug-likeness (QED) is 0.837. The number of aliphatic hydroxyl groups excluding tert-OH is 1. The van der Waals surface area contributed by atoms with Gasteiger partial charge in [0.2, 0.25) is 0 Å². The van der Waals surface area contributed by atoms with Crippen LogP contribution < -0.4 is 4.74 Å². The second kappa shape index (κ2) is 4.06. The molecule has 0 radical (unpaired) electrons. The van der Waals surface area contributed by atoms with Gasteiger partial charge in [-0.2, -0.15) is 0 Å². The number of rotatable bonds is 2. The molecule has 0 amide bonds. The third-order valence-corrected chi connectivity index (χ3v) is 3.31. The molecule has 0 spiro atoms. The van der Waals surface area contributed by atoms with Crippen molar-refractivity contribution in [3.8, 4) is 5.75 Å². The van der Waals surface area contributed by atoms with Crippen LogP contribution in [0.4, 0.5) is 4.39 Å². The predicted molar refractivity (Wildman–Crippen MR) is 59.8 cm³/mol. The summed E-state index contributed by atoms with van der Waals surface area (Å²) in [7, 11) is 0. The van der Waals surface area contributed by atoms with Gasteiger partial charge in [-0.1, -0.05) is 19.9 Å². The molecule has 2 nitrogen and oxygen atoms in total. The Morgan fingerprint density at radius 3 is 2.75 bits per heavy atom. The van der Waals surface area contributed by atoms with Crippen molar-refractivity contribution >= 4 is 0 Å². The number of aliphatic hydroxyl groups is 1. The Morgan fingerprint density at radius 1 is 1.44 bits per heavy atom. The van der Waals surface area contributed by atoms with E-state index in [-0.39, 0.29) is 17.3 Å². The van der Waals surface area contributed by atoms with Crippen LogP contribution in [-0.2, 0) is 0 Å². The minimum absolute atomic E-state index is 0.113. The molecule has 3 heteroatoms. The third kappa shape index (κ3) is 2.19. The molecular weight excluding hydrogens is 207 g/mol. The van der Waals surface area contributed by atoms with Crippen LogP contribution in [-0.4, -0.2) is 17.3 Å². The zero-order valence-electron chi connectivity index (χ0n) is 9.61. The fraction of sp³-hybridized carbons (Fsp3) is 0.538. The minimum Gasteiger partial charge on any atom is -0.488 e. The van der Waals surface area contributed by atoms with E-state index in [1.54, 1.807) is 12.1 Å². The number of benzene rings is 1. The highest BCUT2D eigenvalue weighted by Gasteiger charge is 2.42. The van der Waals surface area contributed by atoms with Gasteiger partial charge >= 0.3 is 0 Å².